The predicted molar refractivity (Wildman–Crippen MR) is 112 cm³/mol. The van der Waals surface area contributed by atoms with E-state index in [9.17, 15) is 9.18 Å². The minimum Gasteiger partial charge on any atom is -0.326 e. The number of piperidine rings is 1. The van der Waals surface area contributed by atoms with Crippen LogP contribution in [-0.4, -0.2) is 33.7 Å². The number of carbonyl (C=O) groups is 1. The van der Waals surface area contributed by atoms with Crippen molar-refractivity contribution in [2.45, 2.75) is 19.4 Å². The van der Waals surface area contributed by atoms with Gasteiger partial charge in [0.1, 0.15) is 5.82 Å². The van der Waals surface area contributed by atoms with Gasteiger partial charge in [-0.05, 0) is 61.3 Å². The molecule has 1 saturated heterocycles. The first-order valence-corrected chi connectivity index (χ1v) is 9.93. The van der Waals surface area contributed by atoms with E-state index in [1.165, 1.54) is 17.7 Å². The Morgan fingerprint density at radius 2 is 1.86 bits per heavy atom. The van der Waals surface area contributed by atoms with E-state index < -0.39 is 0 Å². The van der Waals surface area contributed by atoms with E-state index in [-0.39, 0.29) is 17.6 Å². The lowest BCUT2D eigenvalue weighted by atomic mass is 9.95. The molecule has 1 N–H and O–H groups in total. The fourth-order valence-corrected chi connectivity index (χ4v) is 3.85. The number of nitrogens with one attached hydrogen (secondary N) is 1. The summed E-state index contributed by atoms with van der Waals surface area (Å²) in [7, 11) is 1.92. The van der Waals surface area contributed by atoms with Crippen LogP contribution >= 0.6 is 0 Å². The molecule has 1 amide bonds. The van der Waals surface area contributed by atoms with Crippen LogP contribution in [0.5, 0.6) is 0 Å². The molecule has 1 aliphatic rings. The van der Waals surface area contributed by atoms with Gasteiger partial charge in [-0.15, -0.1) is 0 Å². The quantitative estimate of drug-likeness (QED) is 0.712. The number of amides is 1. The van der Waals surface area contributed by atoms with Crippen molar-refractivity contribution in [1.29, 1.82) is 0 Å². The van der Waals surface area contributed by atoms with Crippen LogP contribution in [-0.2, 0) is 18.4 Å². The number of nitrogens with zero attached hydrogens (tertiary/aromatic N) is 3. The molecule has 29 heavy (non-hydrogen) atoms. The summed E-state index contributed by atoms with van der Waals surface area (Å²) in [4.78, 5) is 15.1. The third-order valence-electron chi connectivity index (χ3n) is 5.41. The maximum Gasteiger partial charge on any atom is 0.227 e. The van der Waals surface area contributed by atoms with Crippen LogP contribution < -0.4 is 5.32 Å². The Morgan fingerprint density at radius 3 is 2.55 bits per heavy atom. The highest BCUT2D eigenvalue weighted by Crippen LogP contribution is 2.25. The van der Waals surface area contributed by atoms with Crippen LogP contribution in [0.3, 0.4) is 0 Å². The first kappa shape index (κ1) is 19.3. The second-order valence-corrected chi connectivity index (χ2v) is 7.65. The van der Waals surface area contributed by atoms with E-state index in [0.29, 0.717) is 0 Å². The van der Waals surface area contributed by atoms with Gasteiger partial charge in [0.25, 0.3) is 0 Å². The van der Waals surface area contributed by atoms with E-state index in [0.717, 1.165) is 49.3 Å². The molecule has 0 unspecified atom stereocenters. The molecule has 6 heteroatoms. The number of aryl methyl sites for hydroxylation is 1. The van der Waals surface area contributed by atoms with Crippen molar-refractivity contribution in [3.8, 4) is 11.1 Å². The average Bonchev–Trinajstić information content (AvgIpc) is 3.13. The number of carbonyl (C=O) groups excluding carboxylic acids is 1. The van der Waals surface area contributed by atoms with Gasteiger partial charge in [-0.3, -0.25) is 14.4 Å². The summed E-state index contributed by atoms with van der Waals surface area (Å²) in [6.45, 7) is 2.67. The highest BCUT2D eigenvalue weighted by Gasteiger charge is 2.25. The third-order valence-corrected chi connectivity index (χ3v) is 5.41. The highest BCUT2D eigenvalue weighted by molar-refractivity contribution is 5.93. The summed E-state index contributed by atoms with van der Waals surface area (Å²) < 4.78 is 15.3. The number of aromatic nitrogens is 2. The monoisotopic (exact) mass is 392 g/mol. The molecule has 5 nitrogen and oxygen atoms in total. The van der Waals surface area contributed by atoms with E-state index >= 15 is 0 Å². The van der Waals surface area contributed by atoms with Crippen molar-refractivity contribution in [3.63, 3.8) is 0 Å². The Morgan fingerprint density at radius 1 is 1.14 bits per heavy atom. The smallest absolute Gasteiger partial charge is 0.227 e. The first-order valence-electron chi connectivity index (χ1n) is 9.93. The zero-order valence-electron chi connectivity index (χ0n) is 16.5. The molecule has 0 saturated carbocycles. The molecule has 0 radical (unpaired) electrons. The van der Waals surface area contributed by atoms with Crippen LogP contribution in [0.2, 0.25) is 0 Å². The van der Waals surface area contributed by atoms with E-state index in [1.807, 2.05) is 54.5 Å². The van der Waals surface area contributed by atoms with Crippen molar-refractivity contribution in [2.24, 2.45) is 13.0 Å². The SMILES string of the molecule is Cn1cc(CN2CCC(C(=O)Nc3cccc(-c4cccc(F)c4)c3)CC2)cn1. The molecule has 0 bridgehead atoms. The zero-order chi connectivity index (χ0) is 20.2. The molecule has 0 atom stereocenters. The summed E-state index contributed by atoms with van der Waals surface area (Å²) in [5.41, 5.74) is 3.62. The van der Waals surface area contributed by atoms with Gasteiger partial charge in [0.15, 0.2) is 0 Å². The first-order chi connectivity index (χ1) is 14.1. The van der Waals surface area contributed by atoms with Crippen LogP contribution in [0.25, 0.3) is 11.1 Å². The lowest BCUT2D eigenvalue weighted by Gasteiger charge is -2.30. The van der Waals surface area contributed by atoms with Gasteiger partial charge >= 0.3 is 0 Å². The summed E-state index contributed by atoms with van der Waals surface area (Å²) in [6.07, 6.45) is 5.61. The van der Waals surface area contributed by atoms with Gasteiger partial charge in [0, 0.05) is 37.0 Å². The lowest BCUT2D eigenvalue weighted by molar-refractivity contribution is -0.121. The Hall–Kier alpha value is -2.99. The van der Waals surface area contributed by atoms with Gasteiger partial charge in [-0.2, -0.15) is 5.10 Å². The van der Waals surface area contributed by atoms with Gasteiger partial charge in [0.05, 0.1) is 6.20 Å². The Kier molecular flexibility index (Phi) is 5.71. The zero-order valence-corrected chi connectivity index (χ0v) is 16.5. The summed E-state index contributed by atoms with van der Waals surface area (Å²) in [6, 6.07) is 14.0. The number of halogens is 1. The van der Waals surface area contributed by atoms with Crippen LogP contribution in [0.15, 0.2) is 60.9 Å². The molecule has 2 heterocycles. The van der Waals surface area contributed by atoms with Gasteiger partial charge in [-0.1, -0.05) is 24.3 Å². The Bertz CT molecular complexity index is 992. The number of likely N-dealkylation sites (tertiary alicyclic amines) is 1. The number of hydrogen-bond donors (Lipinski definition) is 1. The highest BCUT2D eigenvalue weighted by atomic mass is 19.1. The fraction of sp³-hybridized carbons (Fsp3) is 0.304. The van der Waals surface area contributed by atoms with Crippen molar-refractivity contribution in [3.05, 3.63) is 72.3 Å². The molecular formula is C23H25FN4O. The summed E-state index contributed by atoms with van der Waals surface area (Å²) in [5, 5.41) is 7.25. The molecule has 3 aromatic rings. The maximum absolute atomic E-state index is 13.5. The summed E-state index contributed by atoms with van der Waals surface area (Å²) >= 11 is 0. The van der Waals surface area contributed by atoms with E-state index in [1.54, 1.807) is 6.07 Å². The second kappa shape index (κ2) is 8.57. The normalized spacial score (nSPS) is 15.4. The van der Waals surface area contributed by atoms with Crippen LogP contribution in [0, 0.1) is 11.7 Å². The van der Waals surface area contributed by atoms with Gasteiger partial charge < -0.3 is 5.32 Å². The van der Waals surface area contributed by atoms with E-state index in [2.05, 4.69) is 15.3 Å². The van der Waals surface area contributed by atoms with E-state index in [4.69, 9.17) is 0 Å². The standard InChI is InChI=1S/C23H25FN4O/c1-27-15-17(14-25-27)16-28-10-8-18(9-11-28)23(29)26-22-7-3-5-20(13-22)19-4-2-6-21(24)12-19/h2-7,12-15,18H,8-11,16H2,1H3,(H,26,29). The Balaban J connectivity index is 1.33. The number of benzene rings is 2. The van der Waals surface area contributed by atoms with Gasteiger partial charge in [0.2, 0.25) is 5.91 Å². The predicted octanol–water partition coefficient (Wildman–Crippen LogP) is 4.08. The third kappa shape index (κ3) is 4.90. The molecule has 4 rings (SSSR count). The topological polar surface area (TPSA) is 50.2 Å². The van der Waals surface area contributed by atoms with Crippen LogP contribution in [0.1, 0.15) is 18.4 Å². The molecule has 0 spiro atoms. The summed E-state index contributed by atoms with van der Waals surface area (Å²) in [5.74, 6) is -0.199. The average molecular weight is 392 g/mol. The van der Waals surface area contributed by atoms with Crippen molar-refractivity contribution < 1.29 is 9.18 Å². The largest absolute Gasteiger partial charge is 0.326 e. The van der Waals surface area contributed by atoms with Gasteiger partial charge in [-0.25, -0.2) is 4.39 Å². The minimum atomic E-state index is -0.269. The Labute approximate surface area is 170 Å². The van der Waals surface area contributed by atoms with Crippen molar-refractivity contribution in [1.82, 2.24) is 14.7 Å². The van der Waals surface area contributed by atoms with Crippen molar-refractivity contribution >= 4 is 11.6 Å². The second-order valence-electron chi connectivity index (χ2n) is 7.65. The maximum atomic E-state index is 13.5. The van der Waals surface area contributed by atoms with Crippen molar-refractivity contribution in [2.75, 3.05) is 18.4 Å². The molecule has 2 aromatic carbocycles. The minimum absolute atomic E-state index is 0.0120. The number of rotatable bonds is 5. The molecular weight excluding hydrogens is 367 g/mol. The molecule has 1 aromatic heterocycles. The lowest BCUT2D eigenvalue weighted by Crippen LogP contribution is -2.37. The van der Waals surface area contributed by atoms with Crippen LogP contribution in [0.4, 0.5) is 10.1 Å². The fourth-order valence-electron chi connectivity index (χ4n) is 3.85. The number of hydrogen-bond acceptors (Lipinski definition) is 3. The molecule has 1 fully saturated rings. The molecule has 1 aliphatic heterocycles. The number of anilines is 1. The molecule has 150 valence electrons. The molecule has 0 aliphatic carbocycles.